The number of nitrogens with zero attached hydrogens (tertiary/aromatic N) is 3. The van der Waals surface area contributed by atoms with E-state index in [1.165, 1.54) is 0 Å². The highest BCUT2D eigenvalue weighted by molar-refractivity contribution is 7.80. The normalized spacial score (nSPS) is 19.7. The molecule has 4 rings (SSSR count). The first-order chi connectivity index (χ1) is 12.8. The molecule has 2 N–H and O–H groups in total. The van der Waals surface area contributed by atoms with Crippen molar-refractivity contribution in [2.24, 2.45) is 0 Å². The van der Waals surface area contributed by atoms with Crippen LogP contribution in [0.5, 0.6) is 0 Å². The van der Waals surface area contributed by atoms with Crippen LogP contribution in [0.3, 0.4) is 0 Å². The largest absolute Gasteiger partial charge is 0.467 e. The monoisotopic (exact) mass is 368 g/mol. The molecule has 134 valence electrons. The van der Waals surface area contributed by atoms with Crippen molar-refractivity contribution >= 4 is 17.3 Å². The molecule has 0 unspecified atom stereocenters. The van der Waals surface area contributed by atoms with E-state index in [0.29, 0.717) is 18.2 Å². The molecular formula is C19H20N4O2S. The van der Waals surface area contributed by atoms with E-state index in [0.717, 1.165) is 17.1 Å². The molecular weight excluding hydrogens is 348 g/mol. The predicted molar refractivity (Wildman–Crippen MR) is 101 cm³/mol. The van der Waals surface area contributed by atoms with Gasteiger partial charge in [-0.3, -0.25) is 4.98 Å². The van der Waals surface area contributed by atoms with E-state index in [1.807, 2.05) is 47.5 Å². The zero-order valence-electron chi connectivity index (χ0n) is 14.2. The van der Waals surface area contributed by atoms with Crippen molar-refractivity contribution in [1.82, 2.24) is 19.8 Å². The van der Waals surface area contributed by atoms with Crippen molar-refractivity contribution in [2.45, 2.75) is 18.6 Å². The average molecular weight is 368 g/mol. The number of pyridine rings is 1. The summed E-state index contributed by atoms with van der Waals surface area (Å²) in [4.78, 5) is 6.55. The lowest BCUT2D eigenvalue weighted by Gasteiger charge is -2.28. The van der Waals surface area contributed by atoms with Gasteiger partial charge in [-0.25, -0.2) is 0 Å². The van der Waals surface area contributed by atoms with Gasteiger partial charge >= 0.3 is 0 Å². The van der Waals surface area contributed by atoms with E-state index in [2.05, 4.69) is 20.9 Å². The lowest BCUT2D eigenvalue weighted by Crippen LogP contribution is -2.33. The number of thiocarbonyl (C=S) groups is 1. The molecule has 3 aromatic rings. The molecule has 26 heavy (non-hydrogen) atoms. The van der Waals surface area contributed by atoms with Gasteiger partial charge in [0, 0.05) is 24.6 Å². The second-order valence-corrected chi connectivity index (χ2v) is 6.57. The molecule has 3 aromatic heterocycles. The lowest BCUT2D eigenvalue weighted by atomic mass is 10.0. The zero-order chi connectivity index (χ0) is 17.9. The number of aliphatic hydroxyl groups is 1. The summed E-state index contributed by atoms with van der Waals surface area (Å²) in [6.45, 7) is 1.14. The minimum Gasteiger partial charge on any atom is -0.467 e. The van der Waals surface area contributed by atoms with Gasteiger partial charge in [0.15, 0.2) is 5.11 Å². The van der Waals surface area contributed by atoms with Crippen molar-refractivity contribution in [1.29, 1.82) is 0 Å². The second-order valence-electron chi connectivity index (χ2n) is 6.18. The fourth-order valence-electron chi connectivity index (χ4n) is 3.49. The molecule has 0 radical (unpaired) electrons. The zero-order valence-corrected chi connectivity index (χ0v) is 15.0. The summed E-state index contributed by atoms with van der Waals surface area (Å²) in [7, 11) is 0. The molecule has 7 heteroatoms. The third-order valence-corrected chi connectivity index (χ3v) is 4.96. The third-order valence-electron chi connectivity index (χ3n) is 4.61. The quantitative estimate of drug-likeness (QED) is 0.652. The van der Waals surface area contributed by atoms with Crippen molar-refractivity contribution in [3.8, 4) is 0 Å². The van der Waals surface area contributed by atoms with Gasteiger partial charge in [-0.1, -0.05) is 6.07 Å². The van der Waals surface area contributed by atoms with Crippen LogP contribution in [0.1, 0.15) is 29.2 Å². The topological polar surface area (TPSA) is 66.5 Å². The van der Waals surface area contributed by atoms with Crippen LogP contribution in [-0.4, -0.2) is 37.8 Å². The molecule has 4 heterocycles. The Balaban J connectivity index is 1.73. The van der Waals surface area contributed by atoms with E-state index >= 15 is 0 Å². The summed E-state index contributed by atoms with van der Waals surface area (Å²) >= 11 is 5.54. The maximum absolute atomic E-state index is 9.53. The fraction of sp³-hybridized carbons (Fsp3) is 0.263. The summed E-state index contributed by atoms with van der Waals surface area (Å²) in [5.41, 5.74) is 2.02. The van der Waals surface area contributed by atoms with Gasteiger partial charge in [-0.05, 0) is 48.6 Å². The summed E-state index contributed by atoms with van der Waals surface area (Å²) in [6.07, 6.45) is 5.50. The number of nitrogens with one attached hydrogen (secondary N) is 1. The summed E-state index contributed by atoms with van der Waals surface area (Å²) in [5.74, 6) is 0.888. The Hall–Kier alpha value is -2.64. The van der Waals surface area contributed by atoms with E-state index in [4.69, 9.17) is 16.6 Å². The van der Waals surface area contributed by atoms with Crippen LogP contribution in [0.25, 0.3) is 0 Å². The van der Waals surface area contributed by atoms with Crippen LogP contribution >= 0.6 is 12.2 Å². The first kappa shape index (κ1) is 16.8. The van der Waals surface area contributed by atoms with Crippen LogP contribution in [-0.2, 0) is 6.54 Å². The summed E-state index contributed by atoms with van der Waals surface area (Å²) < 4.78 is 7.66. The van der Waals surface area contributed by atoms with E-state index < -0.39 is 0 Å². The number of rotatable bonds is 6. The standard InChI is InChI=1S/C19H20N4O2S/c24-11-10-23-18(17(21-19(23)26)15-6-1-2-8-20-15)16-7-3-9-22(16)13-14-5-4-12-25-14/h1-9,12,17-18,24H,10-11,13H2,(H,21,26)/t17-,18+/m0/s1. The van der Waals surface area contributed by atoms with Crippen LogP contribution in [0, 0.1) is 0 Å². The van der Waals surface area contributed by atoms with Gasteiger partial charge < -0.3 is 24.3 Å². The first-order valence-corrected chi connectivity index (χ1v) is 8.95. The van der Waals surface area contributed by atoms with Crippen LogP contribution in [0.15, 0.2) is 65.5 Å². The van der Waals surface area contributed by atoms with Gasteiger partial charge in [0.2, 0.25) is 0 Å². The predicted octanol–water partition coefficient (Wildman–Crippen LogP) is 2.49. The maximum Gasteiger partial charge on any atom is 0.170 e. The van der Waals surface area contributed by atoms with Crippen LogP contribution in [0.2, 0.25) is 0 Å². The van der Waals surface area contributed by atoms with Crippen molar-refractivity contribution in [3.63, 3.8) is 0 Å². The SMILES string of the molecule is OCCN1C(=S)N[C@@H](c2ccccn2)[C@H]1c1cccn1Cc1ccco1. The van der Waals surface area contributed by atoms with Crippen molar-refractivity contribution in [2.75, 3.05) is 13.2 Å². The molecule has 6 nitrogen and oxygen atoms in total. The van der Waals surface area contributed by atoms with Gasteiger partial charge in [-0.2, -0.15) is 0 Å². The highest BCUT2D eigenvalue weighted by Gasteiger charge is 2.40. The minimum absolute atomic E-state index is 0.0339. The van der Waals surface area contributed by atoms with Gasteiger partial charge in [0.05, 0.1) is 37.2 Å². The summed E-state index contributed by atoms with van der Waals surface area (Å²) in [5, 5.41) is 13.5. The maximum atomic E-state index is 9.53. The van der Waals surface area contributed by atoms with Crippen molar-refractivity contribution < 1.29 is 9.52 Å². The Morgan fingerprint density at radius 3 is 2.85 bits per heavy atom. The summed E-state index contributed by atoms with van der Waals surface area (Å²) in [6, 6.07) is 13.7. The molecule has 1 saturated heterocycles. The van der Waals surface area contributed by atoms with Gasteiger partial charge in [-0.15, -0.1) is 0 Å². The highest BCUT2D eigenvalue weighted by Crippen LogP contribution is 2.38. The molecule has 2 atom stereocenters. The first-order valence-electron chi connectivity index (χ1n) is 8.54. The van der Waals surface area contributed by atoms with Gasteiger partial charge in [0.25, 0.3) is 0 Å². The molecule has 0 bridgehead atoms. The molecule has 0 amide bonds. The van der Waals surface area contributed by atoms with Crippen LogP contribution in [0.4, 0.5) is 0 Å². The highest BCUT2D eigenvalue weighted by atomic mass is 32.1. The number of β-amino-alcohol motifs (C(OH)–C–C–N with tert-alkyl or cyclic N) is 1. The minimum atomic E-state index is -0.0829. The van der Waals surface area contributed by atoms with Crippen LogP contribution < -0.4 is 5.32 Å². The Morgan fingerprint density at radius 1 is 1.19 bits per heavy atom. The molecule has 0 saturated carbocycles. The van der Waals surface area contributed by atoms with Crippen molar-refractivity contribution in [3.05, 3.63) is 78.3 Å². The molecule has 1 fully saturated rings. The Kier molecular flexibility index (Phi) is 4.73. The third kappa shape index (κ3) is 3.11. The molecule has 0 spiro atoms. The Morgan fingerprint density at radius 2 is 2.12 bits per heavy atom. The van der Waals surface area contributed by atoms with Gasteiger partial charge in [0.1, 0.15) is 5.76 Å². The Labute approximate surface area is 157 Å². The Bertz CT molecular complexity index is 863. The number of hydrogen-bond acceptors (Lipinski definition) is 4. The number of aromatic nitrogens is 2. The smallest absolute Gasteiger partial charge is 0.170 e. The lowest BCUT2D eigenvalue weighted by molar-refractivity contribution is 0.218. The number of furan rings is 1. The van der Waals surface area contributed by atoms with E-state index in [-0.39, 0.29) is 18.7 Å². The molecule has 1 aliphatic rings. The second kappa shape index (κ2) is 7.31. The number of aliphatic hydroxyl groups excluding tert-OH is 1. The average Bonchev–Trinajstić information content (AvgIpc) is 3.39. The van der Waals surface area contributed by atoms with E-state index in [9.17, 15) is 5.11 Å². The molecule has 0 aromatic carbocycles. The molecule has 1 aliphatic heterocycles. The fourth-order valence-corrected chi connectivity index (χ4v) is 3.82. The van der Waals surface area contributed by atoms with E-state index in [1.54, 1.807) is 12.5 Å². The molecule has 0 aliphatic carbocycles. The number of hydrogen-bond donors (Lipinski definition) is 2.